The zero-order valence-electron chi connectivity index (χ0n) is 45.8. The van der Waals surface area contributed by atoms with Gasteiger partial charge in [-0.1, -0.05) is 111 Å². The first-order valence-corrected chi connectivity index (χ1v) is 35.4. The Kier molecular flexibility index (Phi) is 16.9. The van der Waals surface area contributed by atoms with Crippen LogP contribution in [-0.2, 0) is 47.5 Å². The van der Waals surface area contributed by atoms with Crippen LogP contribution in [0.1, 0.15) is 141 Å². The number of aliphatic hydroxyl groups is 5. The number of benzene rings is 4. The van der Waals surface area contributed by atoms with Crippen molar-refractivity contribution in [2.24, 2.45) is 16.7 Å². The summed E-state index contributed by atoms with van der Waals surface area (Å²) in [6, 6.07) is 28.8. The van der Waals surface area contributed by atoms with E-state index in [1.54, 1.807) is 18.2 Å². The Morgan fingerprint density at radius 3 is 1.51 bits per heavy atom. The molecule has 4 aromatic rings. The Balaban J connectivity index is 0.000000187. The van der Waals surface area contributed by atoms with E-state index in [1.165, 1.54) is 88.0 Å². The van der Waals surface area contributed by atoms with Crippen molar-refractivity contribution < 1.29 is 48.6 Å². The minimum Gasteiger partial charge on any atom is -0.412 e. The molecule has 6 fully saturated rings. The summed E-state index contributed by atoms with van der Waals surface area (Å²) in [5.74, 6) is -1.90. The van der Waals surface area contributed by atoms with Crippen molar-refractivity contribution in [1.29, 1.82) is 0 Å². The highest BCUT2D eigenvalue weighted by Gasteiger charge is 2.58. The summed E-state index contributed by atoms with van der Waals surface area (Å²) in [6.45, 7) is 16.8. The van der Waals surface area contributed by atoms with Crippen LogP contribution >= 0.6 is 23.2 Å². The summed E-state index contributed by atoms with van der Waals surface area (Å²) in [5.41, 5.74) is 9.47. The largest absolute Gasteiger partial charge is 0.412 e. The van der Waals surface area contributed by atoms with Crippen molar-refractivity contribution in [1.82, 2.24) is 0 Å². The van der Waals surface area contributed by atoms with Crippen LogP contribution in [0.3, 0.4) is 0 Å². The molecule has 14 heteroatoms. The van der Waals surface area contributed by atoms with E-state index in [1.807, 2.05) is 18.2 Å². The molecule has 10 rings (SSSR count). The van der Waals surface area contributed by atoms with Crippen LogP contribution in [0.5, 0.6) is 0 Å². The average molecular weight is 1100 g/mol. The first kappa shape index (κ1) is 57.2. The van der Waals surface area contributed by atoms with E-state index in [9.17, 15) is 25.5 Å². The Hall–Kier alpha value is -2.51. The third-order valence-corrected chi connectivity index (χ3v) is 20.6. The third-order valence-electron chi connectivity index (χ3n) is 17.9. The summed E-state index contributed by atoms with van der Waals surface area (Å²) in [6.07, 6.45) is 9.13. The van der Waals surface area contributed by atoms with Gasteiger partial charge in [-0.15, -0.1) is 0 Å². The average Bonchev–Trinajstić information content (AvgIpc) is 3.31. The standard InChI is InChI=1S/C34H51ClO4Si2.C27H33ClO6/c1-9-30-23(2)31(38-40(3,4)5)32(39-41(6,7)8)34(36,37-30)28-15-16-29(35)26(20-28)19-24-11-13-25(14-12-24)27-21-33(22-27)17-10-18-33;1-33-27(25(32)24(31)23(30)22(15-29)34-27)20-7-8-21(28)18(12-20)11-16-3-5-17(6-4-16)19-13-26(14-19)9-2-10-26/h11-16,20,23,27,30-32,36H,9-10,17-19,21-22H2,1-8H3;3-8,12,19,22-25,29-32H,2,9-11,13-15H2,1H3/t23-,30-,31+,32-,34?;22-,23-,24+,25-,27?/m11/s1. The van der Waals surface area contributed by atoms with Crippen LogP contribution in [0.15, 0.2) is 84.9 Å². The van der Waals surface area contributed by atoms with E-state index in [0.29, 0.717) is 50.8 Å². The Bertz CT molecular complexity index is 2580. The van der Waals surface area contributed by atoms with Gasteiger partial charge in [-0.2, -0.15) is 0 Å². The van der Waals surface area contributed by atoms with Gasteiger partial charge in [-0.3, -0.25) is 0 Å². The molecule has 2 aliphatic heterocycles. The lowest BCUT2D eigenvalue weighted by molar-refractivity contribution is -0.366. The van der Waals surface area contributed by atoms with E-state index in [2.05, 4.69) is 102 Å². The van der Waals surface area contributed by atoms with Crippen LogP contribution in [0, 0.1) is 16.7 Å². The second kappa shape index (κ2) is 22.2. The van der Waals surface area contributed by atoms with Crippen molar-refractivity contribution in [3.05, 3.63) is 139 Å². The van der Waals surface area contributed by atoms with E-state index < -0.39 is 65.3 Å². The molecule has 4 aliphatic carbocycles. The van der Waals surface area contributed by atoms with Gasteiger partial charge in [0.25, 0.3) is 0 Å². The number of hydrogen-bond donors (Lipinski definition) is 5. The van der Waals surface area contributed by atoms with Gasteiger partial charge in [0.2, 0.25) is 11.6 Å². The molecule has 2 heterocycles. The topological polar surface area (TPSA) is 147 Å². The van der Waals surface area contributed by atoms with Crippen LogP contribution < -0.4 is 0 Å². The third kappa shape index (κ3) is 11.9. The van der Waals surface area contributed by atoms with Gasteiger partial charge in [0.15, 0.2) is 16.6 Å². The minimum atomic E-state index is -2.08. The molecule has 6 aliphatic rings. The maximum Gasteiger partial charge on any atom is 0.224 e. The molecule has 0 aromatic heterocycles. The molecule has 2 saturated heterocycles. The molecule has 4 saturated carbocycles. The molecule has 10 atom stereocenters. The Morgan fingerprint density at radius 1 is 0.627 bits per heavy atom. The van der Waals surface area contributed by atoms with Crippen molar-refractivity contribution in [2.45, 2.75) is 203 Å². The second-order valence-electron chi connectivity index (χ2n) is 25.5. The summed E-state index contributed by atoms with van der Waals surface area (Å²) in [5, 5.41) is 54.7. The van der Waals surface area contributed by atoms with Crippen LogP contribution in [-0.4, -0.2) is 98.6 Å². The van der Waals surface area contributed by atoms with Gasteiger partial charge in [0.1, 0.15) is 30.5 Å². The van der Waals surface area contributed by atoms with Crippen LogP contribution in [0.2, 0.25) is 49.3 Å². The van der Waals surface area contributed by atoms with Gasteiger partial charge in [0, 0.05) is 34.2 Å². The molecule has 5 N–H and O–H groups in total. The van der Waals surface area contributed by atoms with Gasteiger partial charge >= 0.3 is 0 Å². The fourth-order valence-electron chi connectivity index (χ4n) is 13.3. The maximum atomic E-state index is 12.5. The summed E-state index contributed by atoms with van der Waals surface area (Å²) in [4.78, 5) is 0. The molecule has 410 valence electrons. The summed E-state index contributed by atoms with van der Waals surface area (Å²) in [7, 11) is -2.68. The van der Waals surface area contributed by atoms with Crippen LogP contribution in [0.4, 0.5) is 0 Å². The molecule has 4 aromatic carbocycles. The molecule has 75 heavy (non-hydrogen) atoms. The van der Waals surface area contributed by atoms with Crippen LogP contribution in [0.25, 0.3) is 0 Å². The SMILES string of the molecule is CC[C@H]1OC(O)(c2ccc(Cl)c(Cc3ccc(C4CC5(CCC5)C4)cc3)c2)[C@H](O[Si](C)(C)C)[C@@H](O[Si](C)(C)C)[C@@H]1C.COC1(c2ccc(Cl)c(Cc3ccc(C4CC5(CCC5)C4)cc3)c2)O[C@H](CO)[C@@H](O)[C@H](O)[C@H]1O. The fourth-order valence-corrected chi connectivity index (χ4v) is 15.9. The monoisotopic (exact) mass is 1100 g/mol. The van der Waals surface area contributed by atoms with Gasteiger partial charge in [-0.05, 0) is 190 Å². The Labute approximate surface area is 458 Å². The highest BCUT2D eigenvalue weighted by molar-refractivity contribution is 6.70. The van der Waals surface area contributed by atoms with E-state index >= 15 is 0 Å². The van der Waals surface area contributed by atoms with Gasteiger partial charge in [0.05, 0.1) is 18.8 Å². The number of hydrogen-bond acceptors (Lipinski definition) is 10. The maximum absolute atomic E-state index is 12.5. The summed E-state index contributed by atoms with van der Waals surface area (Å²) >= 11 is 13.3. The molecule has 10 nitrogen and oxygen atoms in total. The van der Waals surface area contributed by atoms with Crippen molar-refractivity contribution in [3.8, 4) is 0 Å². The first-order valence-electron chi connectivity index (χ1n) is 27.8. The highest BCUT2D eigenvalue weighted by atomic mass is 35.5. The molecule has 2 spiro atoms. The minimum absolute atomic E-state index is 0.0912. The number of ether oxygens (including phenoxy) is 3. The Morgan fingerprint density at radius 2 is 1.09 bits per heavy atom. The predicted octanol–water partition coefficient (Wildman–Crippen LogP) is 12.3. The molecule has 0 radical (unpaired) electrons. The van der Waals surface area contributed by atoms with Crippen molar-refractivity contribution >= 4 is 39.8 Å². The lowest BCUT2D eigenvalue weighted by Crippen LogP contribution is -2.64. The van der Waals surface area contributed by atoms with Gasteiger partial charge < -0.3 is 48.6 Å². The normalized spacial score (nSPS) is 32.1. The number of aliphatic hydroxyl groups excluding tert-OH is 4. The zero-order valence-corrected chi connectivity index (χ0v) is 49.3. The second-order valence-corrected chi connectivity index (χ2v) is 35.2. The zero-order chi connectivity index (χ0) is 53.9. The lowest BCUT2D eigenvalue weighted by Gasteiger charge is -2.54. The van der Waals surface area contributed by atoms with Gasteiger partial charge in [-0.25, -0.2) is 0 Å². The number of halogens is 2. The smallest absolute Gasteiger partial charge is 0.224 e. The van der Waals surface area contributed by atoms with E-state index in [4.69, 9.17) is 46.3 Å². The van der Waals surface area contributed by atoms with E-state index in [-0.39, 0.29) is 18.1 Å². The predicted molar refractivity (Wildman–Crippen MR) is 301 cm³/mol. The lowest BCUT2D eigenvalue weighted by atomic mass is 9.51. The quantitative estimate of drug-likeness (QED) is 0.0729. The number of methoxy groups -OCH3 is 1. The molecule has 2 unspecified atom stereocenters. The van der Waals surface area contributed by atoms with Crippen molar-refractivity contribution in [3.63, 3.8) is 0 Å². The molecule has 0 bridgehead atoms. The molecule has 0 amide bonds. The first-order chi connectivity index (χ1) is 35.4. The molecular formula is C61H84Cl2O10Si2. The highest BCUT2D eigenvalue weighted by Crippen LogP contribution is 2.63. The van der Waals surface area contributed by atoms with E-state index in [0.717, 1.165) is 29.0 Å². The number of rotatable bonds is 15. The molecular weight excluding hydrogens is 1020 g/mol. The fraction of sp³-hybridized carbons (Fsp3) is 0.607. The summed E-state index contributed by atoms with van der Waals surface area (Å²) < 4.78 is 31.5. The van der Waals surface area contributed by atoms with Crippen molar-refractivity contribution in [2.75, 3.05) is 13.7 Å².